The number of hydrogen-bond acceptors (Lipinski definition) is 4. The van der Waals surface area contributed by atoms with Crippen LogP contribution in [0.5, 0.6) is 0 Å². The Bertz CT molecular complexity index is 753. The van der Waals surface area contributed by atoms with Crippen LogP contribution < -0.4 is 5.32 Å². The van der Waals surface area contributed by atoms with Crippen molar-refractivity contribution in [2.24, 2.45) is 0 Å². The molecule has 1 aromatic carbocycles. The van der Waals surface area contributed by atoms with Crippen LogP contribution in [-0.4, -0.2) is 68.2 Å². The summed E-state index contributed by atoms with van der Waals surface area (Å²) in [6.45, 7) is 3.58. The largest absolute Gasteiger partial charge is 0.385 e. The summed E-state index contributed by atoms with van der Waals surface area (Å²) >= 11 is 1.68. The molecule has 0 radical (unpaired) electrons. The Labute approximate surface area is 157 Å². The third-order valence-electron chi connectivity index (χ3n) is 4.62. The first kappa shape index (κ1) is 18.7. The first-order chi connectivity index (χ1) is 12.7. The van der Waals surface area contributed by atoms with Gasteiger partial charge in [0.1, 0.15) is 0 Å². The first-order valence-electron chi connectivity index (χ1n) is 8.93. The highest BCUT2D eigenvalue weighted by molar-refractivity contribution is 7.17. The van der Waals surface area contributed by atoms with Gasteiger partial charge in [-0.2, -0.15) is 0 Å². The van der Waals surface area contributed by atoms with Crippen LogP contribution in [0.25, 0.3) is 10.1 Å². The van der Waals surface area contributed by atoms with E-state index in [1.54, 1.807) is 23.3 Å². The lowest BCUT2D eigenvalue weighted by atomic mass is 10.1. The van der Waals surface area contributed by atoms with Gasteiger partial charge in [-0.1, -0.05) is 18.2 Å². The zero-order valence-electron chi connectivity index (χ0n) is 15.1. The number of benzene rings is 1. The van der Waals surface area contributed by atoms with Crippen LogP contribution in [0.15, 0.2) is 29.6 Å². The van der Waals surface area contributed by atoms with E-state index < -0.39 is 0 Å². The highest BCUT2D eigenvalue weighted by Gasteiger charge is 2.24. The minimum atomic E-state index is -0.0583. The molecular formula is C19H25N3O3S. The monoisotopic (exact) mass is 375 g/mol. The Morgan fingerprint density at radius 2 is 1.88 bits per heavy atom. The summed E-state index contributed by atoms with van der Waals surface area (Å²) < 4.78 is 6.18. The maximum absolute atomic E-state index is 12.6. The lowest BCUT2D eigenvalue weighted by Gasteiger charge is -2.34. The molecule has 1 aromatic heterocycles. The van der Waals surface area contributed by atoms with Crippen molar-refractivity contribution in [3.05, 3.63) is 35.2 Å². The summed E-state index contributed by atoms with van der Waals surface area (Å²) in [6, 6.07) is 8.12. The number of carbonyl (C=O) groups is 2. The summed E-state index contributed by atoms with van der Waals surface area (Å²) in [4.78, 5) is 28.4. The van der Waals surface area contributed by atoms with Gasteiger partial charge in [0, 0.05) is 51.1 Å². The Hall–Kier alpha value is -2.12. The maximum atomic E-state index is 12.6. The molecule has 0 aliphatic carbocycles. The van der Waals surface area contributed by atoms with Gasteiger partial charge in [0.05, 0.1) is 6.42 Å². The second-order valence-electron chi connectivity index (χ2n) is 6.38. The molecular weight excluding hydrogens is 350 g/mol. The summed E-state index contributed by atoms with van der Waals surface area (Å²) in [5.74, 6) is 0.133. The van der Waals surface area contributed by atoms with Crippen LogP contribution in [0.3, 0.4) is 0 Å². The minimum Gasteiger partial charge on any atom is -0.385 e. The molecule has 3 amide bonds. The van der Waals surface area contributed by atoms with Crippen molar-refractivity contribution in [3.8, 4) is 0 Å². The van der Waals surface area contributed by atoms with Crippen LogP contribution in [0.1, 0.15) is 12.0 Å². The van der Waals surface area contributed by atoms with Gasteiger partial charge in [-0.3, -0.25) is 4.79 Å². The van der Waals surface area contributed by atoms with E-state index in [-0.39, 0.29) is 11.9 Å². The fourth-order valence-electron chi connectivity index (χ4n) is 3.13. The van der Waals surface area contributed by atoms with E-state index in [0.29, 0.717) is 45.8 Å². The fraction of sp³-hybridized carbons (Fsp3) is 0.474. The van der Waals surface area contributed by atoms with E-state index in [4.69, 9.17) is 4.74 Å². The van der Waals surface area contributed by atoms with Crippen molar-refractivity contribution < 1.29 is 14.3 Å². The highest BCUT2D eigenvalue weighted by atomic mass is 32.1. The molecule has 0 saturated carbocycles. The van der Waals surface area contributed by atoms with Gasteiger partial charge in [-0.05, 0) is 28.8 Å². The SMILES string of the molecule is COCCCNC(=O)N1CCN(C(=O)Cc2csc3ccccc23)CC1. The van der Waals surface area contributed by atoms with Crippen molar-refractivity contribution >= 4 is 33.4 Å². The van der Waals surface area contributed by atoms with E-state index in [9.17, 15) is 9.59 Å². The molecule has 3 rings (SSSR count). The van der Waals surface area contributed by atoms with Gasteiger partial charge in [-0.15, -0.1) is 11.3 Å². The molecule has 0 bridgehead atoms. The lowest BCUT2D eigenvalue weighted by Crippen LogP contribution is -2.53. The molecule has 1 fully saturated rings. The lowest BCUT2D eigenvalue weighted by molar-refractivity contribution is -0.131. The standard InChI is InChI=1S/C19H25N3O3S/c1-25-12-4-7-20-19(24)22-10-8-21(9-11-22)18(23)13-15-14-26-17-6-3-2-5-16(15)17/h2-3,5-6,14H,4,7-13H2,1H3,(H,20,24). The van der Waals surface area contributed by atoms with E-state index >= 15 is 0 Å². The molecule has 1 N–H and O–H groups in total. The second kappa shape index (κ2) is 9.00. The van der Waals surface area contributed by atoms with Crippen LogP contribution in [0, 0.1) is 0 Å². The number of methoxy groups -OCH3 is 1. The molecule has 7 heteroatoms. The Morgan fingerprint density at radius 1 is 1.15 bits per heavy atom. The van der Waals surface area contributed by atoms with Gasteiger partial charge in [0.2, 0.25) is 5.91 Å². The first-order valence-corrected chi connectivity index (χ1v) is 9.81. The zero-order valence-corrected chi connectivity index (χ0v) is 15.9. The number of nitrogens with one attached hydrogen (secondary N) is 1. The average Bonchev–Trinajstić information content (AvgIpc) is 3.08. The number of carbonyl (C=O) groups excluding carboxylic acids is 2. The normalized spacial score (nSPS) is 14.7. The predicted molar refractivity (Wildman–Crippen MR) is 104 cm³/mol. The van der Waals surface area contributed by atoms with Crippen LogP contribution >= 0.6 is 11.3 Å². The van der Waals surface area contributed by atoms with Crippen molar-refractivity contribution in [3.63, 3.8) is 0 Å². The van der Waals surface area contributed by atoms with Crippen molar-refractivity contribution in [1.82, 2.24) is 15.1 Å². The summed E-state index contributed by atoms with van der Waals surface area (Å²) in [5, 5.41) is 6.13. The molecule has 1 aliphatic rings. The molecule has 2 aromatic rings. The number of urea groups is 1. The zero-order chi connectivity index (χ0) is 18.4. The molecule has 6 nitrogen and oxygen atoms in total. The van der Waals surface area contributed by atoms with Gasteiger partial charge < -0.3 is 19.9 Å². The number of thiophene rings is 1. The predicted octanol–water partition coefficient (Wildman–Crippen LogP) is 2.33. The minimum absolute atomic E-state index is 0.0583. The average molecular weight is 375 g/mol. The summed E-state index contributed by atoms with van der Waals surface area (Å²) in [7, 11) is 1.65. The van der Waals surface area contributed by atoms with Crippen LogP contribution in [0.2, 0.25) is 0 Å². The number of rotatable bonds is 6. The molecule has 1 saturated heterocycles. The number of piperazine rings is 1. The maximum Gasteiger partial charge on any atom is 0.317 e. The van der Waals surface area contributed by atoms with Crippen molar-refractivity contribution in [1.29, 1.82) is 0 Å². The fourth-order valence-corrected chi connectivity index (χ4v) is 4.09. The topological polar surface area (TPSA) is 61.9 Å². The molecule has 0 spiro atoms. The highest BCUT2D eigenvalue weighted by Crippen LogP contribution is 2.26. The van der Waals surface area contributed by atoms with Crippen molar-refractivity contribution in [2.45, 2.75) is 12.8 Å². The smallest absolute Gasteiger partial charge is 0.317 e. The molecule has 2 heterocycles. The Morgan fingerprint density at radius 3 is 2.65 bits per heavy atom. The number of fused-ring (bicyclic) bond motifs is 1. The van der Waals surface area contributed by atoms with E-state index in [2.05, 4.69) is 22.8 Å². The summed E-state index contributed by atoms with van der Waals surface area (Å²) in [6.07, 6.45) is 1.22. The molecule has 0 atom stereocenters. The second-order valence-corrected chi connectivity index (χ2v) is 7.29. The molecule has 26 heavy (non-hydrogen) atoms. The third-order valence-corrected chi connectivity index (χ3v) is 5.64. The van der Waals surface area contributed by atoms with E-state index in [1.165, 1.54) is 10.1 Å². The van der Waals surface area contributed by atoms with Crippen LogP contribution in [-0.2, 0) is 16.0 Å². The third kappa shape index (κ3) is 4.53. The van der Waals surface area contributed by atoms with E-state index in [1.807, 2.05) is 17.0 Å². The Balaban J connectivity index is 1.47. The van der Waals surface area contributed by atoms with Gasteiger partial charge >= 0.3 is 6.03 Å². The molecule has 140 valence electrons. The summed E-state index contributed by atoms with van der Waals surface area (Å²) in [5.41, 5.74) is 1.09. The number of hydrogen-bond donors (Lipinski definition) is 1. The number of amides is 3. The molecule has 1 aliphatic heterocycles. The van der Waals surface area contributed by atoms with Gasteiger partial charge in [0.15, 0.2) is 0 Å². The number of ether oxygens (including phenoxy) is 1. The Kier molecular flexibility index (Phi) is 6.46. The quantitative estimate of drug-likeness (QED) is 0.789. The van der Waals surface area contributed by atoms with Crippen LogP contribution in [0.4, 0.5) is 4.79 Å². The molecule has 0 unspecified atom stereocenters. The van der Waals surface area contributed by atoms with Gasteiger partial charge in [-0.25, -0.2) is 4.79 Å². The number of nitrogens with zero attached hydrogens (tertiary/aromatic N) is 2. The van der Waals surface area contributed by atoms with E-state index in [0.717, 1.165) is 12.0 Å². The van der Waals surface area contributed by atoms with Crippen molar-refractivity contribution in [2.75, 3.05) is 46.4 Å². The van der Waals surface area contributed by atoms with Gasteiger partial charge in [0.25, 0.3) is 0 Å².